The number of rotatable bonds is 7. The first-order valence-corrected chi connectivity index (χ1v) is 9.74. The molecule has 1 amide bonds. The zero-order valence-electron chi connectivity index (χ0n) is 15.4. The molecule has 0 radical (unpaired) electrons. The van der Waals surface area contributed by atoms with E-state index in [1.165, 1.54) is 11.8 Å². The Bertz CT molecular complexity index is 824. The van der Waals surface area contributed by atoms with E-state index in [1.807, 2.05) is 24.3 Å². The van der Waals surface area contributed by atoms with Crippen molar-refractivity contribution in [3.63, 3.8) is 0 Å². The first-order chi connectivity index (χ1) is 13.6. The highest BCUT2D eigenvalue weighted by Crippen LogP contribution is 2.32. The predicted molar refractivity (Wildman–Crippen MR) is 105 cm³/mol. The molecule has 1 aliphatic rings. The minimum absolute atomic E-state index is 0.115. The number of hydrogen-bond donors (Lipinski definition) is 1. The normalized spacial score (nSPS) is 12.6. The molecule has 0 fully saturated rings. The van der Waals surface area contributed by atoms with E-state index in [0.717, 1.165) is 17.1 Å². The van der Waals surface area contributed by atoms with E-state index in [1.54, 1.807) is 25.3 Å². The van der Waals surface area contributed by atoms with Gasteiger partial charge in [0.15, 0.2) is 18.1 Å². The summed E-state index contributed by atoms with van der Waals surface area (Å²) in [6.07, 6.45) is 0.806. The molecule has 1 heterocycles. The second-order valence-electron chi connectivity index (χ2n) is 5.89. The van der Waals surface area contributed by atoms with Gasteiger partial charge in [0.2, 0.25) is 0 Å². The number of methoxy groups -OCH3 is 1. The maximum Gasteiger partial charge on any atom is 0.316 e. The third-order valence-electron chi connectivity index (χ3n) is 3.81. The van der Waals surface area contributed by atoms with Crippen LogP contribution in [-0.2, 0) is 14.3 Å². The molecule has 2 aromatic rings. The summed E-state index contributed by atoms with van der Waals surface area (Å²) in [5.41, 5.74) is 0.554. The molecule has 0 aliphatic carbocycles. The molecule has 0 aromatic heterocycles. The molecule has 1 N–H and O–H groups in total. The van der Waals surface area contributed by atoms with Crippen LogP contribution in [0.25, 0.3) is 0 Å². The van der Waals surface area contributed by atoms with Crippen molar-refractivity contribution in [3.05, 3.63) is 42.5 Å². The Hall–Kier alpha value is -2.87. The number of anilines is 1. The number of ether oxygens (including phenoxy) is 4. The van der Waals surface area contributed by atoms with Crippen LogP contribution in [0.4, 0.5) is 5.69 Å². The van der Waals surface area contributed by atoms with Gasteiger partial charge in [-0.05, 0) is 36.4 Å². The van der Waals surface area contributed by atoms with Gasteiger partial charge in [0.1, 0.15) is 5.75 Å². The Morgan fingerprint density at radius 1 is 1.07 bits per heavy atom. The van der Waals surface area contributed by atoms with E-state index in [4.69, 9.17) is 18.9 Å². The Morgan fingerprint density at radius 3 is 2.57 bits per heavy atom. The summed E-state index contributed by atoms with van der Waals surface area (Å²) >= 11 is 1.33. The van der Waals surface area contributed by atoms with Crippen LogP contribution in [0.5, 0.6) is 17.2 Å². The molecular formula is C20H21NO6S. The van der Waals surface area contributed by atoms with Gasteiger partial charge in [-0.25, -0.2) is 0 Å². The van der Waals surface area contributed by atoms with Crippen molar-refractivity contribution in [2.75, 3.05) is 38.0 Å². The monoisotopic (exact) mass is 403 g/mol. The van der Waals surface area contributed by atoms with Gasteiger partial charge in [-0.3, -0.25) is 9.59 Å². The molecule has 1 aliphatic heterocycles. The SMILES string of the molecule is COc1ccc(SCC(=O)OCC(=O)Nc2ccc3c(c2)OCCCO3)cc1. The van der Waals surface area contributed by atoms with Crippen LogP contribution in [0, 0.1) is 0 Å². The van der Waals surface area contributed by atoms with Gasteiger partial charge in [0, 0.05) is 23.1 Å². The first-order valence-electron chi connectivity index (χ1n) is 8.76. The van der Waals surface area contributed by atoms with Crippen molar-refractivity contribution in [2.24, 2.45) is 0 Å². The van der Waals surface area contributed by atoms with Crippen molar-refractivity contribution in [3.8, 4) is 17.2 Å². The molecule has 148 valence electrons. The van der Waals surface area contributed by atoms with Gasteiger partial charge in [0.25, 0.3) is 5.91 Å². The van der Waals surface area contributed by atoms with Crippen LogP contribution in [0.15, 0.2) is 47.4 Å². The average Bonchev–Trinajstić information content (AvgIpc) is 2.96. The molecule has 0 saturated heterocycles. The standard InChI is InChI=1S/C20H21NO6S/c1-24-15-4-6-16(7-5-15)28-13-20(23)27-12-19(22)21-14-3-8-17-18(11-14)26-10-2-9-25-17/h3-8,11H,2,9-10,12-13H2,1H3,(H,21,22). The van der Waals surface area contributed by atoms with Crippen LogP contribution >= 0.6 is 11.8 Å². The number of thioether (sulfide) groups is 1. The predicted octanol–water partition coefficient (Wildman–Crippen LogP) is 3.13. The number of nitrogens with one attached hydrogen (secondary N) is 1. The number of esters is 1. The van der Waals surface area contributed by atoms with Crippen LogP contribution in [0.2, 0.25) is 0 Å². The van der Waals surface area contributed by atoms with E-state index in [0.29, 0.717) is 30.4 Å². The smallest absolute Gasteiger partial charge is 0.316 e. The summed E-state index contributed by atoms with van der Waals surface area (Å²) in [4.78, 5) is 24.8. The van der Waals surface area contributed by atoms with E-state index in [-0.39, 0.29) is 12.4 Å². The largest absolute Gasteiger partial charge is 0.497 e. The van der Waals surface area contributed by atoms with E-state index < -0.39 is 11.9 Å². The van der Waals surface area contributed by atoms with Crippen LogP contribution in [-0.4, -0.2) is 44.6 Å². The minimum Gasteiger partial charge on any atom is -0.497 e. The fourth-order valence-electron chi connectivity index (χ4n) is 2.44. The lowest BCUT2D eigenvalue weighted by atomic mass is 10.2. The van der Waals surface area contributed by atoms with Gasteiger partial charge < -0.3 is 24.3 Å². The molecule has 0 bridgehead atoms. The second kappa shape index (κ2) is 9.89. The van der Waals surface area contributed by atoms with Crippen molar-refractivity contribution in [2.45, 2.75) is 11.3 Å². The lowest BCUT2D eigenvalue weighted by molar-refractivity contribution is -0.144. The average molecular weight is 403 g/mol. The fourth-order valence-corrected chi connectivity index (χ4v) is 3.14. The molecule has 28 heavy (non-hydrogen) atoms. The molecule has 0 spiro atoms. The minimum atomic E-state index is -0.463. The molecule has 0 saturated carbocycles. The summed E-state index contributed by atoms with van der Waals surface area (Å²) in [7, 11) is 1.59. The summed E-state index contributed by atoms with van der Waals surface area (Å²) in [6.45, 7) is 0.813. The Balaban J connectivity index is 1.42. The number of hydrogen-bond acceptors (Lipinski definition) is 7. The van der Waals surface area contributed by atoms with Gasteiger partial charge in [-0.2, -0.15) is 0 Å². The molecule has 0 unspecified atom stereocenters. The maximum absolute atomic E-state index is 12.0. The number of fused-ring (bicyclic) bond motifs is 1. The highest BCUT2D eigenvalue weighted by Gasteiger charge is 2.13. The highest BCUT2D eigenvalue weighted by molar-refractivity contribution is 8.00. The first kappa shape index (κ1) is 19.9. The third-order valence-corrected chi connectivity index (χ3v) is 4.80. The molecule has 8 heteroatoms. The van der Waals surface area contributed by atoms with Crippen molar-refractivity contribution >= 4 is 29.3 Å². The molecule has 7 nitrogen and oxygen atoms in total. The van der Waals surface area contributed by atoms with Gasteiger partial charge in [0.05, 0.1) is 26.1 Å². The highest BCUT2D eigenvalue weighted by atomic mass is 32.2. The van der Waals surface area contributed by atoms with Gasteiger partial charge in [-0.15, -0.1) is 11.8 Å². The Morgan fingerprint density at radius 2 is 1.82 bits per heavy atom. The quantitative estimate of drug-likeness (QED) is 0.562. The topological polar surface area (TPSA) is 83.1 Å². The molecule has 3 rings (SSSR count). The third kappa shape index (κ3) is 5.82. The van der Waals surface area contributed by atoms with Crippen molar-refractivity contribution in [1.82, 2.24) is 0 Å². The Kier molecular flexibility index (Phi) is 7.02. The fraction of sp³-hybridized carbons (Fsp3) is 0.300. The summed E-state index contributed by atoms with van der Waals surface area (Å²) < 4.78 is 21.2. The number of benzene rings is 2. The Labute approximate surface area is 167 Å². The maximum atomic E-state index is 12.0. The molecular weight excluding hydrogens is 382 g/mol. The zero-order valence-corrected chi connectivity index (χ0v) is 16.3. The van der Waals surface area contributed by atoms with Crippen molar-refractivity contribution < 1.29 is 28.5 Å². The molecule has 2 aromatic carbocycles. The van der Waals surface area contributed by atoms with Crippen molar-refractivity contribution in [1.29, 1.82) is 0 Å². The van der Waals surface area contributed by atoms with Gasteiger partial charge >= 0.3 is 5.97 Å². The van der Waals surface area contributed by atoms with E-state index in [2.05, 4.69) is 5.32 Å². The lowest BCUT2D eigenvalue weighted by Gasteiger charge is -2.10. The van der Waals surface area contributed by atoms with Gasteiger partial charge in [-0.1, -0.05) is 0 Å². The lowest BCUT2D eigenvalue weighted by Crippen LogP contribution is -2.21. The van der Waals surface area contributed by atoms with Crippen LogP contribution in [0.1, 0.15) is 6.42 Å². The van der Waals surface area contributed by atoms with Crippen LogP contribution in [0.3, 0.4) is 0 Å². The number of carbonyl (C=O) groups is 2. The second-order valence-corrected chi connectivity index (χ2v) is 6.93. The number of carbonyl (C=O) groups excluding carboxylic acids is 2. The summed E-state index contributed by atoms with van der Waals surface area (Å²) in [6, 6.07) is 12.5. The van der Waals surface area contributed by atoms with Crippen LogP contribution < -0.4 is 19.5 Å². The van der Waals surface area contributed by atoms with E-state index >= 15 is 0 Å². The number of amides is 1. The molecule has 0 atom stereocenters. The summed E-state index contributed by atoms with van der Waals surface area (Å²) in [5.74, 6) is 1.22. The zero-order chi connectivity index (χ0) is 19.8. The summed E-state index contributed by atoms with van der Waals surface area (Å²) in [5, 5.41) is 2.68. The van der Waals surface area contributed by atoms with E-state index in [9.17, 15) is 9.59 Å².